The smallest absolute Gasteiger partial charge is 0.162 e. The van der Waals surface area contributed by atoms with Gasteiger partial charge in [0.15, 0.2) is 11.5 Å². The summed E-state index contributed by atoms with van der Waals surface area (Å²) in [6.07, 6.45) is 1.64. The topological polar surface area (TPSA) is 75.2 Å². The molecule has 0 unspecified atom stereocenters. The molecular weight excluding hydrogens is 220 g/mol. The zero-order valence-corrected chi connectivity index (χ0v) is 9.75. The van der Waals surface area contributed by atoms with E-state index in [4.69, 9.17) is 15.2 Å². The molecule has 90 valence electrons. The summed E-state index contributed by atoms with van der Waals surface area (Å²) in [6, 6.07) is 5.51. The molecule has 0 saturated carbocycles. The first-order chi connectivity index (χ1) is 8.30. The first kappa shape index (κ1) is 11.4. The van der Waals surface area contributed by atoms with Gasteiger partial charge in [-0.25, -0.2) is 4.68 Å². The van der Waals surface area contributed by atoms with Crippen molar-refractivity contribution >= 4 is 0 Å². The van der Waals surface area contributed by atoms with Gasteiger partial charge in [-0.1, -0.05) is 5.21 Å². The van der Waals surface area contributed by atoms with Crippen LogP contribution in [0.1, 0.15) is 5.69 Å². The molecule has 1 heterocycles. The predicted octanol–water partition coefficient (Wildman–Crippen LogP) is 0.743. The van der Waals surface area contributed by atoms with Crippen molar-refractivity contribution in [1.82, 2.24) is 15.0 Å². The number of rotatable bonds is 4. The van der Waals surface area contributed by atoms with Crippen molar-refractivity contribution < 1.29 is 9.47 Å². The minimum atomic E-state index is 0.376. The normalized spacial score (nSPS) is 10.3. The molecule has 0 aliphatic carbocycles. The highest BCUT2D eigenvalue weighted by Gasteiger charge is 2.09. The fraction of sp³-hybridized carbons (Fsp3) is 0.273. The number of nitrogens with zero attached hydrogens (tertiary/aromatic N) is 3. The SMILES string of the molecule is COc1ccc(-n2nncc2CN)cc1OC. The van der Waals surface area contributed by atoms with Gasteiger partial charge in [0.25, 0.3) is 0 Å². The number of methoxy groups -OCH3 is 2. The predicted molar refractivity (Wildman–Crippen MR) is 62.4 cm³/mol. The molecule has 0 saturated heterocycles. The summed E-state index contributed by atoms with van der Waals surface area (Å²) < 4.78 is 12.1. The third-order valence-electron chi connectivity index (χ3n) is 2.44. The van der Waals surface area contributed by atoms with Gasteiger partial charge in [0.1, 0.15) is 0 Å². The lowest BCUT2D eigenvalue weighted by Gasteiger charge is -2.10. The molecule has 0 fully saturated rings. The average molecular weight is 234 g/mol. The molecule has 1 aromatic carbocycles. The Bertz CT molecular complexity index is 510. The minimum absolute atomic E-state index is 0.376. The molecular formula is C11H14N4O2. The molecule has 0 aliphatic heterocycles. The summed E-state index contributed by atoms with van der Waals surface area (Å²) in [5.74, 6) is 1.31. The van der Waals surface area contributed by atoms with Gasteiger partial charge in [0.2, 0.25) is 0 Å². The van der Waals surface area contributed by atoms with Crippen LogP contribution < -0.4 is 15.2 Å². The molecule has 0 bridgehead atoms. The number of aromatic nitrogens is 3. The highest BCUT2D eigenvalue weighted by atomic mass is 16.5. The highest BCUT2D eigenvalue weighted by Crippen LogP contribution is 2.29. The maximum absolute atomic E-state index is 5.60. The lowest BCUT2D eigenvalue weighted by atomic mass is 10.2. The Labute approximate surface area is 98.9 Å². The van der Waals surface area contributed by atoms with Gasteiger partial charge < -0.3 is 15.2 Å². The second-order valence-corrected chi connectivity index (χ2v) is 3.38. The molecule has 0 atom stereocenters. The van der Waals surface area contributed by atoms with Gasteiger partial charge >= 0.3 is 0 Å². The first-order valence-corrected chi connectivity index (χ1v) is 5.12. The molecule has 2 aromatic rings. The molecule has 17 heavy (non-hydrogen) atoms. The molecule has 6 nitrogen and oxygen atoms in total. The van der Waals surface area contributed by atoms with Crippen molar-refractivity contribution in [3.05, 3.63) is 30.1 Å². The van der Waals surface area contributed by atoms with Gasteiger partial charge in [-0.15, -0.1) is 5.10 Å². The summed E-state index contributed by atoms with van der Waals surface area (Å²) >= 11 is 0. The number of hydrogen-bond donors (Lipinski definition) is 1. The van der Waals surface area contributed by atoms with E-state index in [-0.39, 0.29) is 0 Å². The molecule has 1 aromatic heterocycles. The lowest BCUT2D eigenvalue weighted by molar-refractivity contribution is 0.354. The second kappa shape index (κ2) is 4.84. The van der Waals surface area contributed by atoms with E-state index in [9.17, 15) is 0 Å². The lowest BCUT2D eigenvalue weighted by Crippen LogP contribution is -2.07. The van der Waals surface area contributed by atoms with Gasteiger partial charge in [0, 0.05) is 12.6 Å². The molecule has 2 rings (SSSR count). The van der Waals surface area contributed by atoms with Crippen LogP contribution in [0.2, 0.25) is 0 Å². The molecule has 0 aliphatic rings. The fourth-order valence-corrected chi connectivity index (χ4v) is 1.57. The summed E-state index contributed by atoms with van der Waals surface area (Å²) in [7, 11) is 3.19. The summed E-state index contributed by atoms with van der Waals surface area (Å²) in [5, 5.41) is 7.81. The number of ether oxygens (including phenoxy) is 2. The van der Waals surface area contributed by atoms with Gasteiger partial charge in [-0.3, -0.25) is 0 Å². The molecule has 2 N–H and O–H groups in total. The molecule has 0 amide bonds. The number of hydrogen-bond acceptors (Lipinski definition) is 5. The van der Waals surface area contributed by atoms with Gasteiger partial charge in [0.05, 0.1) is 31.8 Å². The fourth-order valence-electron chi connectivity index (χ4n) is 1.57. The van der Waals surface area contributed by atoms with Crippen molar-refractivity contribution in [2.24, 2.45) is 5.73 Å². The van der Waals surface area contributed by atoms with Crippen molar-refractivity contribution in [1.29, 1.82) is 0 Å². The summed E-state index contributed by atoms with van der Waals surface area (Å²) in [6.45, 7) is 0.376. The second-order valence-electron chi connectivity index (χ2n) is 3.38. The molecule has 0 spiro atoms. The van der Waals surface area contributed by atoms with Crippen LogP contribution in [0.25, 0.3) is 5.69 Å². The van der Waals surface area contributed by atoms with Crippen LogP contribution in [0, 0.1) is 0 Å². The number of nitrogens with two attached hydrogens (primary N) is 1. The van der Waals surface area contributed by atoms with Crippen LogP contribution in [-0.4, -0.2) is 29.2 Å². The number of benzene rings is 1. The van der Waals surface area contributed by atoms with E-state index in [1.54, 1.807) is 25.1 Å². The van der Waals surface area contributed by atoms with E-state index in [1.165, 1.54) is 0 Å². The largest absolute Gasteiger partial charge is 0.493 e. The van der Waals surface area contributed by atoms with Crippen LogP contribution >= 0.6 is 0 Å². The Morgan fingerprint density at radius 1 is 1.24 bits per heavy atom. The van der Waals surface area contributed by atoms with E-state index in [0.29, 0.717) is 18.0 Å². The van der Waals surface area contributed by atoms with Crippen LogP contribution in [0.15, 0.2) is 24.4 Å². The third-order valence-corrected chi connectivity index (χ3v) is 2.44. The van der Waals surface area contributed by atoms with Crippen molar-refractivity contribution in [3.63, 3.8) is 0 Å². The minimum Gasteiger partial charge on any atom is -0.493 e. The maximum atomic E-state index is 5.60. The Hall–Kier alpha value is -2.08. The van der Waals surface area contributed by atoms with E-state index in [2.05, 4.69) is 10.3 Å². The van der Waals surface area contributed by atoms with E-state index in [1.807, 2.05) is 18.2 Å². The first-order valence-electron chi connectivity index (χ1n) is 5.12. The molecule has 0 radical (unpaired) electrons. The van der Waals surface area contributed by atoms with Crippen molar-refractivity contribution in [2.75, 3.05) is 14.2 Å². The van der Waals surface area contributed by atoms with E-state index in [0.717, 1.165) is 11.4 Å². The Balaban J connectivity index is 2.46. The molecule has 6 heteroatoms. The summed E-state index contributed by atoms with van der Waals surface area (Å²) in [4.78, 5) is 0. The van der Waals surface area contributed by atoms with Gasteiger partial charge in [-0.2, -0.15) is 0 Å². The van der Waals surface area contributed by atoms with Gasteiger partial charge in [-0.05, 0) is 12.1 Å². The van der Waals surface area contributed by atoms with Crippen LogP contribution in [0.3, 0.4) is 0 Å². The average Bonchev–Trinajstić information content (AvgIpc) is 2.86. The third kappa shape index (κ3) is 2.07. The monoisotopic (exact) mass is 234 g/mol. The summed E-state index contributed by atoms with van der Waals surface area (Å²) in [5.41, 5.74) is 7.27. The maximum Gasteiger partial charge on any atom is 0.162 e. The Kier molecular flexibility index (Phi) is 3.24. The van der Waals surface area contributed by atoms with Crippen LogP contribution in [0.4, 0.5) is 0 Å². The van der Waals surface area contributed by atoms with E-state index >= 15 is 0 Å². The zero-order valence-electron chi connectivity index (χ0n) is 9.75. The Morgan fingerprint density at radius 3 is 2.65 bits per heavy atom. The van der Waals surface area contributed by atoms with E-state index < -0.39 is 0 Å². The highest BCUT2D eigenvalue weighted by molar-refractivity contribution is 5.48. The van der Waals surface area contributed by atoms with Crippen LogP contribution in [0.5, 0.6) is 11.5 Å². The Morgan fingerprint density at radius 2 is 2.00 bits per heavy atom. The van der Waals surface area contributed by atoms with Crippen LogP contribution in [-0.2, 0) is 6.54 Å². The van der Waals surface area contributed by atoms with Crippen molar-refractivity contribution in [3.8, 4) is 17.2 Å². The quantitative estimate of drug-likeness (QED) is 0.844. The standard InChI is InChI=1S/C11H14N4O2/c1-16-10-4-3-8(5-11(10)17-2)15-9(6-12)7-13-14-15/h3-5,7H,6,12H2,1-2H3. The zero-order chi connectivity index (χ0) is 12.3. The van der Waals surface area contributed by atoms with Crippen molar-refractivity contribution in [2.45, 2.75) is 6.54 Å².